The zero-order valence-corrected chi connectivity index (χ0v) is 9.55. The number of hydrogen-bond acceptors (Lipinski definition) is 4. The fraction of sp³-hybridized carbons (Fsp3) is 1.00. The molecule has 0 unspecified atom stereocenters. The van der Waals surface area contributed by atoms with Crippen LogP contribution >= 0.6 is 0 Å². The molecule has 0 aliphatic heterocycles. The van der Waals surface area contributed by atoms with Crippen molar-refractivity contribution in [1.29, 1.82) is 0 Å². The van der Waals surface area contributed by atoms with Crippen LogP contribution in [-0.2, 0) is 4.74 Å². The van der Waals surface area contributed by atoms with Gasteiger partial charge in [0.1, 0.15) is 6.61 Å². The normalized spacial score (nSPS) is 14.4. The lowest BCUT2D eigenvalue weighted by atomic mass is 10.3. The number of aliphatic hydroxyl groups excluding tert-OH is 1. The minimum Gasteiger partial charge on any atom is -0.389 e. The van der Waals surface area contributed by atoms with Crippen molar-refractivity contribution >= 4 is 0 Å². The van der Waals surface area contributed by atoms with Crippen LogP contribution in [0.1, 0.15) is 0 Å². The topological polar surface area (TPSA) is 44.7 Å². The zero-order chi connectivity index (χ0) is 12.6. The van der Waals surface area contributed by atoms with Crippen molar-refractivity contribution in [3.8, 4) is 0 Å². The summed E-state index contributed by atoms with van der Waals surface area (Å²) in [4.78, 5) is 1.82. The molecule has 0 radical (unpaired) electrons. The summed E-state index contributed by atoms with van der Waals surface area (Å²) in [7, 11) is 3.58. The Morgan fingerprint density at radius 1 is 1.44 bits per heavy atom. The fourth-order valence-corrected chi connectivity index (χ4v) is 1.12. The molecule has 0 saturated heterocycles. The lowest BCUT2D eigenvalue weighted by Crippen LogP contribution is -2.36. The van der Waals surface area contributed by atoms with Gasteiger partial charge in [0, 0.05) is 19.6 Å². The van der Waals surface area contributed by atoms with E-state index in [0.717, 1.165) is 6.54 Å². The molecule has 0 bridgehead atoms. The highest BCUT2D eigenvalue weighted by Gasteiger charge is 2.27. The maximum Gasteiger partial charge on any atom is 0.411 e. The molecular formula is C9H19F3N2O2. The molecule has 0 spiro atoms. The number of likely N-dealkylation sites (N-methyl/N-ethyl adjacent to an activating group) is 2. The first kappa shape index (κ1) is 15.6. The molecule has 0 saturated carbocycles. The van der Waals surface area contributed by atoms with Crippen LogP contribution in [0.3, 0.4) is 0 Å². The molecule has 98 valence electrons. The van der Waals surface area contributed by atoms with E-state index in [2.05, 4.69) is 10.1 Å². The highest BCUT2D eigenvalue weighted by molar-refractivity contribution is 4.61. The lowest BCUT2D eigenvalue weighted by molar-refractivity contribution is -0.179. The van der Waals surface area contributed by atoms with E-state index in [4.69, 9.17) is 0 Å². The Labute approximate surface area is 93.4 Å². The Morgan fingerprint density at radius 2 is 2.06 bits per heavy atom. The summed E-state index contributed by atoms with van der Waals surface area (Å²) in [5.74, 6) is 0. The molecule has 1 atom stereocenters. The second kappa shape index (κ2) is 7.83. The van der Waals surface area contributed by atoms with Crippen LogP contribution in [0.25, 0.3) is 0 Å². The van der Waals surface area contributed by atoms with Crippen LogP contribution < -0.4 is 5.32 Å². The number of ether oxygens (including phenoxy) is 1. The number of aliphatic hydroxyl groups is 1. The maximum atomic E-state index is 11.7. The summed E-state index contributed by atoms with van der Waals surface area (Å²) >= 11 is 0. The van der Waals surface area contributed by atoms with Crippen LogP contribution in [0.4, 0.5) is 13.2 Å². The number of hydrogen-bond donors (Lipinski definition) is 2. The number of nitrogens with one attached hydrogen (secondary N) is 1. The average molecular weight is 244 g/mol. The highest BCUT2D eigenvalue weighted by Crippen LogP contribution is 2.14. The van der Waals surface area contributed by atoms with Crippen LogP contribution in [0.15, 0.2) is 0 Å². The van der Waals surface area contributed by atoms with Gasteiger partial charge in [-0.25, -0.2) is 0 Å². The minimum atomic E-state index is -4.34. The molecule has 16 heavy (non-hydrogen) atoms. The van der Waals surface area contributed by atoms with Crippen molar-refractivity contribution in [3.63, 3.8) is 0 Å². The maximum absolute atomic E-state index is 11.7. The third-order valence-electron chi connectivity index (χ3n) is 1.84. The summed E-state index contributed by atoms with van der Waals surface area (Å²) in [6.45, 7) is 0.146. The molecule has 0 aromatic rings. The molecule has 0 fully saturated rings. The fourth-order valence-electron chi connectivity index (χ4n) is 1.12. The average Bonchev–Trinajstić information content (AvgIpc) is 2.12. The number of halogens is 3. The van der Waals surface area contributed by atoms with E-state index in [1.807, 2.05) is 4.90 Å². The molecule has 0 heterocycles. The molecule has 0 rings (SSSR count). The monoisotopic (exact) mass is 244 g/mol. The van der Waals surface area contributed by atoms with Gasteiger partial charge in [0.2, 0.25) is 0 Å². The standard InChI is InChI=1S/C9H19F3N2O2/c1-13-3-4-14(2)5-8(15)6-16-7-9(10,11)12/h8,13,15H,3-7H2,1-2H3/t8-/m0/s1. The van der Waals surface area contributed by atoms with Gasteiger partial charge in [-0.2, -0.15) is 13.2 Å². The van der Waals surface area contributed by atoms with Gasteiger partial charge in [0.05, 0.1) is 12.7 Å². The zero-order valence-electron chi connectivity index (χ0n) is 9.55. The van der Waals surface area contributed by atoms with Crippen molar-refractivity contribution in [1.82, 2.24) is 10.2 Å². The first-order valence-electron chi connectivity index (χ1n) is 5.01. The van der Waals surface area contributed by atoms with Gasteiger partial charge in [-0.05, 0) is 14.1 Å². The van der Waals surface area contributed by atoms with Crippen LogP contribution in [0.5, 0.6) is 0 Å². The Hall–Kier alpha value is -0.370. The van der Waals surface area contributed by atoms with E-state index in [1.165, 1.54) is 0 Å². The SMILES string of the molecule is CNCCN(C)C[C@H](O)COCC(F)(F)F. The van der Waals surface area contributed by atoms with Crippen LogP contribution in [-0.4, -0.2) is 69.2 Å². The highest BCUT2D eigenvalue weighted by atomic mass is 19.4. The second-order valence-electron chi connectivity index (χ2n) is 3.65. The van der Waals surface area contributed by atoms with Gasteiger partial charge in [-0.3, -0.25) is 0 Å². The lowest BCUT2D eigenvalue weighted by Gasteiger charge is -2.20. The van der Waals surface area contributed by atoms with Crippen LogP contribution in [0.2, 0.25) is 0 Å². The second-order valence-corrected chi connectivity index (χ2v) is 3.65. The Kier molecular flexibility index (Phi) is 7.65. The Morgan fingerprint density at radius 3 is 2.56 bits per heavy atom. The van der Waals surface area contributed by atoms with Crippen molar-refractivity contribution in [3.05, 3.63) is 0 Å². The van der Waals surface area contributed by atoms with Gasteiger partial charge < -0.3 is 20.1 Å². The van der Waals surface area contributed by atoms with Gasteiger partial charge >= 0.3 is 6.18 Å². The smallest absolute Gasteiger partial charge is 0.389 e. The van der Waals surface area contributed by atoms with E-state index in [1.54, 1.807) is 14.1 Å². The molecule has 0 aliphatic carbocycles. The first-order chi connectivity index (χ1) is 7.35. The van der Waals surface area contributed by atoms with Gasteiger partial charge in [0.15, 0.2) is 0 Å². The molecule has 0 aromatic carbocycles. The largest absolute Gasteiger partial charge is 0.411 e. The number of rotatable bonds is 8. The molecule has 2 N–H and O–H groups in total. The van der Waals surface area contributed by atoms with Gasteiger partial charge in [-0.1, -0.05) is 0 Å². The van der Waals surface area contributed by atoms with E-state index in [0.29, 0.717) is 13.1 Å². The molecule has 4 nitrogen and oxygen atoms in total. The summed E-state index contributed by atoms with van der Waals surface area (Å²) in [6.07, 6.45) is -5.23. The third-order valence-corrected chi connectivity index (χ3v) is 1.84. The van der Waals surface area contributed by atoms with Gasteiger partial charge in [0.25, 0.3) is 0 Å². The number of nitrogens with zero attached hydrogens (tertiary/aromatic N) is 1. The summed E-state index contributed by atoms with van der Waals surface area (Å²) in [5, 5.41) is 12.3. The molecule has 0 amide bonds. The Bertz CT molecular complexity index is 179. The van der Waals surface area contributed by atoms with E-state index in [-0.39, 0.29) is 6.61 Å². The van der Waals surface area contributed by atoms with Gasteiger partial charge in [-0.15, -0.1) is 0 Å². The summed E-state index contributed by atoms with van der Waals surface area (Å²) < 4.78 is 39.5. The molecule has 0 aromatic heterocycles. The third kappa shape index (κ3) is 10.2. The minimum absolute atomic E-state index is 0.291. The molecular weight excluding hydrogens is 225 g/mol. The van der Waals surface area contributed by atoms with E-state index < -0.39 is 18.9 Å². The van der Waals surface area contributed by atoms with Crippen molar-refractivity contribution in [2.45, 2.75) is 12.3 Å². The summed E-state index contributed by atoms with van der Waals surface area (Å²) in [5.41, 5.74) is 0. The Balaban J connectivity index is 3.54. The predicted octanol–water partition coefficient (Wildman–Crippen LogP) is 0.0774. The van der Waals surface area contributed by atoms with Crippen molar-refractivity contribution in [2.24, 2.45) is 0 Å². The molecule has 7 heteroatoms. The van der Waals surface area contributed by atoms with Crippen LogP contribution in [0, 0.1) is 0 Å². The molecule has 0 aliphatic rings. The summed E-state index contributed by atoms with van der Waals surface area (Å²) in [6, 6.07) is 0. The first-order valence-corrected chi connectivity index (χ1v) is 5.01. The predicted molar refractivity (Wildman–Crippen MR) is 54.3 cm³/mol. The van der Waals surface area contributed by atoms with E-state index >= 15 is 0 Å². The van der Waals surface area contributed by atoms with Crippen molar-refractivity contribution < 1.29 is 23.0 Å². The quantitative estimate of drug-likeness (QED) is 0.634. The van der Waals surface area contributed by atoms with E-state index in [9.17, 15) is 18.3 Å². The van der Waals surface area contributed by atoms with Crippen molar-refractivity contribution in [2.75, 3.05) is 46.9 Å². The number of alkyl halides is 3.